The van der Waals surface area contributed by atoms with E-state index in [9.17, 15) is 4.79 Å². The number of benzene rings is 2. The van der Waals surface area contributed by atoms with Crippen molar-refractivity contribution in [2.75, 3.05) is 51.0 Å². The SMILES string of the molecule is C=C(NCc1c(C)cc(C)[nH]c1=O)c1c(C)c(-c2ccc(CN3CCOCC3)cc2)cc(N(CC)C2CCOCC2)c1C. The summed E-state index contributed by atoms with van der Waals surface area (Å²) in [6.45, 7) is 22.5. The average Bonchev–Trinajstić information content (AvgIpc) is 3.00. The smallest absolute Gasteiger partial charge is 0.253 e. The van der Waals surface area contributed by atoms with Crippen LogP contribution in [0.1, 0.15) is 58.8 Å². The summed E-state index contributed by atoms with van der Waals surface area (Å²) < 4.78 is 11.2. The van der Waals surface area contributed by atoms with Crippen molar-refractivity contribution in [1.29, 1.82) is 0 Å². The third-order valence-corrected chi connectivity index (χ3v) is 9.15. The highest BCUT2D eigenvalue weighted by Gasteiger charge is 2.25. The topological polar surface area (TPSA) is 69.8 Å². The van der Waals surface area contributed by atoms with Crippen molar-refractivity contribution < 1.29 is 9.47 Å². The molecule has 5 rings (SSSR count). The number of anilines is 1. The van der Waals surface area contributed by atoms with E-state index in [0.29, 0.717) is 12.6 Å². The van der Waals surface area contributed by atoms with E-state index < -0.39 is 0 Å². The van der Waals surface area contributed by atoms with E-state index >= 15 is 0 Å². The molecule has 0 amide bonds. The monoisotopic (exact) mass is 584 g/mol. The largest absolute Gasteiger partial charge is 0.381 e. The van der Waals surface area contributed by atoms with E-state index in [1.165, 1.54) is 33.5 Å². The molecule has 0 atom stereocenters. The molecule has 0 bridgehead atoms. The van der Waals surface area contributed by atoms with Gasteiger partial charge in [-0.25, -0.2) is 0 Å². The van der Waals surface area contributed by atoms with Crippen LogP contribution in [0.4, 0.5) is 5.69 Å². The molecule has 2 saturated heterocycles. The first-order chi connectivity index (χ1) is 20.8. The van der Waals surface area contributed by atoms with Gasteiger partial charge < -0.3 is 24.7 Å². The normalized spacial score (nSPS) is 16.3. The lowest BCUT2D eigenvalue weighted by Gasteiger charge is -2.37. The zero-order valence-corrected chi connectivity index (χ0v) is 26.6. The van der Waals surface area contributed by atoms with Crippen LogP contribution in [-0.4, -0.2) is 62.0 Å². The van der Waals surface area contributed by atoms with Gasteiger partial charge in [-0.3, -0.25) is 9.69 Å². The molecule has 0 aliphatic carbocycles. The molecule has 2 fully saturated rings. The Bertz CT molecular complexity index is 1480. The van der Waals surface area contributed by atoms with Crippen LogP contribution in [0.25, 0.3) is 16.8 Å². The molecule has 230 valence electrons. The van der Waals surface area contributed by atoms with Crippen molar-refractivity contribution in [2.24, 2.45) is 0 Å². The first kappa shape index (κ1) is 31.0. The number of aryl methyl sites for hydroxylation is 2. The Hall–Kier alpha value is -3.39. The first-order valence-corrected chi connectivity index (χ1v) is 15.8. The molecule has 2 aliphatic rings. The number of nitrogens with zero attached hydrogens (tertiary/aromatic N) is 2. The molecule has 1 aromatic heterocycles. The summed E-state index contributed by atoms with van der Waals surface area (Å²) in [7, 11) is 0. The summed E-state index contributed by atoms with van der Waals surface area (Å²) in [6, 6.07) is 13.9. The van der Waals surface area contributed by atoms with Gasteiger partial charge >= 0.3 is 0 Å². The Kier molecular flexibility index (Phi) is 10.1. The van der Waals surface area contributed by atoms with Crippen LogP contribution >= 0.6 is 0 Å². The number of morpholine rings is 1. The Balaban J connectivity index is 1.51. The maximum atomic E-state index is 12.7. The van der Waals surface area contributed by atoms with Crippen LogP contribution in [0.5, 0.6) is 0 Å². The lowest BCUT2D eigenvalue weighted by atomic mass is 9.89. The lowest BCUT2D eigenvalue weighted by Crippen LogP contribution is -2.40. The van der Waals surface area contributed by atoms with Crippen molar-refractivity contribution in [3.8, 4) is 11.1 Å². The number of nitrogens with one attached hydrogen (secondary N) is 2. The molecular weight excluding hydrogens is 536 g/mol. The number of H-pyrrole nitrogens is 1. The molecule has 7 nitrogen and oxygen atoms in total. The highest BCUT2D eigenvalue weighted by molar-refractivity contribution is 5.83. The standard InChI is InChI=1S/C36H48N4O3/c1-7-40(31-12-16-42-17-13-31)34-21-32(30-10-8-29(9-11-30)23-39-14-18-43-19-15-39)26(4)35(27(34)5)28(6)37-22-33-24(2)20-25(3)38-36(33)41/h8-11,20-21,31,37H,6-7,12-19,22-23H2,1-5H3,(H,38,41). The van der Waals surface area contributed by atoms with Gasteiger partial charge in [-0.15, -0.1) is 0 Å². The average molecular weight is 585 g/mol. The third-order valence-electron chi connectivity index (χ3n) is 9.15. The number of hydrogen-bond acceptors (Lipinski definition) is 6. The van der Waals surface area contributed by atoms with Gasteiger partial charge in [0.2, 0.25) is 0 Å². The molecule has 7 heteroatoms. The van der Waals surface area contributed by atoms with Gasteiger partial charge in [0.15, 0.2) is 0 Å². The summed E-state index contributed by atoms with van der Waals surface area (Å²) in [5.74, 6) is 0. The Morgan fingerprint density at radius 1 is 1.00 bits per heavy atom. The predicted octanol–water partition coefficient (Wildman–Crippen LogP) is 5.87. The van der Waals surface area contributed by atoms with E-state index in [1.807, 2.05) is 19.9 Å². The highest BCUT2D eigenvalue weighted by atomic mass is 16.5. The maximum absolute atomic E-state index is 12.7. The predicted molar refractivity (Wildman–Crippen MR) is 177 cm³/mol. The fraction of sp³-hybridized carbons (Fsp3) is 0.472. The second-order valence-electron chi connectivity index (χ2n) is 12.1. The van der Waals surface area contributed by atoms with Gasteiger partial charge in [-0.2, -0.15) is 0 Å². The van der Waals surface area contributed by atoms with Gasteiger partial charge in [-0.05, 0) is 93.0 Å². The molecular formula is C36H48N4O3. The molecule has 3 heterocycles. The maximum Gasteiger partial charge on any atom is 0.253 e. The molecule has 0 saturated carbocycles. The number of aromatic amines is 1. The summed E-state index contributed by atoms with van der Waals surface area (Å²) >= 11 is 0. The number of pyridine rings is 1. The third kappa shape index (κ3) is 7.06. The fourth-order valence-electron chi connectivity index (χ4n) is 6.76. The Morgan fingerprint density at radius 3 is 2.33 bits per heavy atom. The summed E-state index contributed by atoms with van der Waals surface area (Å²) in [6.07, 6.45) is 2.05. The van der Waals surface area contributed by atoms with Crippen molar-refractivity contribution in [2.45, 2.75) is 66.6 Å². The summed E-state index contributed by atoms with van der Waals surface area (Å²) in [5.41, 5.74) is 11.9. The molecule has 0 radical (unpaired) electrons. The van der Waals surface area contributed by atoms with Crippen molar-refractivity contribution in [3.05, 3.63) is 92.4 Å². The van der Waals surface area contributed by atoms with Gasteiger partial charge in [0.1, 0.15) is 0 Å². The molecule has 2 aromatic carbocycles. The first-order valence-electron chi connectivity index (χ1n) is 15.8. The molecule has 3 aromatic rings. The second kappa shape index (κ2) is 13.9. The molecule has 0 unspecified atom stereocenters. The zero-order valence-electron chi connectivity index (χ0n) is 26.6. The number of ether oxygens (including phenoxy) is 2. The highest BCUT2D eigenvalue weighted by Crippen LogP contribution is 2.39. The van der Waals surface area contributed by atoms with Gasteiger partial charge in [-0.1, -0.05) is 30.8 Å². The van der Waals surface area contributed by atoms with E-state index in [-0.39, 0.29) is 5.56 Å². The van der Waals surface area contributed by atoms with Crippen LogP contribution in [0.15, 0.2) is 47.8 Å². The number of hydrogen-bond donors (Lipinski definition) is 2. The quantitative estimate of drug-likeness (QED) is 0.311. The minimum absolute atomic E-state index is 0.0467. The molecule has 0 spiro atoms. The fourth-order valence-corrected chi connectivity index (χ4v) is 6.76. The van der Waals surface area contributed by atoms with Gasteiger partial charge in [0.05, 0.1) is 13.2 Å². The van der Waals surface area contributed by atoms with Crippen LogP contribution in [0, 0.1) is 27.7 Å². The minimum Gasteiger partial charge on any atom is -0.381 e. The van der Waals surface area contributed by atoms with Crippen LogP contribution in [0.3, 0.4) is 0 Å². The van der Waals surface area contributed by atoms with E-state index in [0.717, 1.165) is 93.5 Å². The Labute approximate surface area is 256 Å². The lowest BCUT2D eigenvalue weighted by molar-refractivity contribution is 0.0342. The number of rotatable bonds is 10. The molecule has 43 heavy (non-hydrogen) atoms. The molecule has 2 aliphatic heterocycles. The van der Waals surface area contributed by atoms with Crippen molar-refractivity contribution in [3.63, 3.8) is 0 Å². The Morgan fingerprint density at radius 2 is 1.67 bits per heavy atom. The van der Waals surface area contributed by atoms with Crippen LogP contribution < -0.4 is 15.8 Å². The minimum atomic E-state index is -0.0467. The summed E-state index contributed by atoms with van der Waals surface area (Å²) in [5, 5.41) is 3.53. The molecule has 2 N–H and O–H groups in total. The second-order valence-corrected chi connectivity index (χ2v) is 12.1. The van der Waals surface area contributed by atoms with Crippen molar-refractivity contribution in [1.82, 2.24) is 15.2 Å². The van der Waals surface area contributed by atoms with Crippen LogP contribution in [0.2, 0.25) is 0 Å². The van der Waals surface area contributed by atoms with Crippen molar-refractivity contribution >= 4 is 11.4 Å². The van der Waals surface area contributed by atoms with Crippen LogP contribution in [-0.2, 0) is 22.6 Å². The number of aromatic nitrogens is 1. The van der Waals surface area contributed by atoms with Gasteiger partial charge in [0.25, 0.3) is 5.56 Å². The van der Waals surface area contributed by atoms with E-state index in [2.05, 4.69) is 77.8 Å². The van der Waals surface area contributed by atoms with E-state index in [4.69, 9.17) is 9.47 Å². The summed E-state index contributed by atoms with van der Waals surface area (Å²) in [4.78, 5) is 20.7. The van der Waals surface area contributed by atoms with Gasteiger partial charge in [0, 0.05) is 80.2 Å². The van der Waals surface area contributed by atoms with E-state index in [1.54, 1.807) is 0 Å². The zero-order chi connectivity index (χ0) is 30.5.